The summed E-state index contributed by atoms with van der Waals surface area (Å²) in [6.45, 7) is 12.0. The summed E-state index contributed by atoms with van der Waals surface area (Å²) in [4.78, 5) is 45.7. The Balaban J connectivity index is 2.05. The molecule has 8 nitrogen and oxygen atoms in total. The smallest absolute Gasteiger partial charge is 0.248 e. The Bertz CT molecular complexity index is 807. The van der Waals surface area contributed by atoms with Gasteiger partial charge in [0, 0.05) is 37.6 Å². The van der Waals surface area contributed by atoms with E-state index in [0.29, 0.717) is 19.5 Å². The minimum atomic E-state index is -1.11. The number of rotatable bonds is 11. The highest BCUT2D eigenvalue weighted by Gasteiger charge is 2.76. The number of carbonyl (C=O) groups is 3. The van der Waals surface area contributed by atoms with Crippen molar-refractivity contribution in [2.24, 2.45) is 11.8 Å². The van der Waals surface area contributed by atoms with Crippen LogP contribution in [0.2, 0.25) is 0 Å². The van der Waals surface area contributed by atoms with Crippen LogP contribution in [0, 0.1) is 11.8 Å². The molecule has 4 unspecified atom stereocenters. The molecule has 3 heterocycles. The number of hydrogen-bond acceptors (Lipinski definition) is 5. The van der Waals surface area contributed by atoms with Gasteiger partial charge in [-0.2, -0.15) is 0 Å². The molecule has 3 amide bonds. The van der Waals surface area contributed by atoms with Gasteiger partial charge in [-0.3, -0.25) is 14.4 Å². The van der Waals surface area contributed by atoms with E-state index in [4.69, 9.17) is 4.74 Å². The average molecular weight is 526 g/mol. The lowest BCUT2D eigenvalue weighted by Gasteiger charge is -2.39. The Morgan fingerprint density at radius 2 is 2.00 bits per heavy atom. The second kappa shape index (κ2) is 10.3. The minimum Gasteiger partial charge on any atom is -0.395 e. The minimum absolute atomic E-state index is 0.0158. The van der Waals surface area contributed by atoms with E-state index in [2.05, 4.69) is 36.0 Å². The quantitative estimate of drug-likeness (QED) is 0.326. The normalized spacial score (nSPS) is 33.1. The fourth-order valence-electron chi connectivity index (χ4n) is 5.93. The standard InChI is InChI=1S/C24H36BrN3O5/c1-6-9-15(4)27(11-8-3)23(32)20-24-14-16(25)19(33-24)17(21(30)26(5)10-7-2)18(24)22(31)28(20)12-13-29/h7-8,15-20,29H,2-3,6,9-14H2,1,4-5H3/t15?,16?,17-,18+,19-,20?,24?/m1/s1. The maximum Gasteiger partial charge on any atom is 0.248 e. The number of likely N-dealkylation sites (tertiary alicyclic amines) is 1. The number of aliphatic hydroxyl groups excluding tert-OH is 1. The van der Waals surface area contributed by atoms with Gasteiger partial charge in [-0.25, -0.2) is 0 Å². The van der Waals surface area contributed by atoms with Gasteiger partial charge in [0.25, 0.3) is 0 Å². The van der Waals surface area contributed by atoms with E-state index in [9.17, 15) is 19.5 Å². The van der Waals surface area contributed by atoms with Crippen molar-refractivity contribution in [3.8, 4) is 0 Å². The van der Waals surface area contributed by atoms with E-state index < -0.39 is 29.6 Å². The molecule has 1 N–H and O–H groups in total. The summed E-state index contributed by atoms with van der Waals surface area (Å²) < 4.78 is 6.47. The van der Waals surface area contributed by atoms with Gasteiger partial charge in [-0.15, -0.1) is 13.2 Å². The fraction of sp³-hybridized carbons (Fsp3) is 0.708. The summed E-state index contributed by atoms with van der Waals surface area (Å²) in [6, 6.07) is -0.939. The number of β-amino-alcohol motifs (C(OH)–C–C–N with tert-alkyl or cyclic N) is 1. The Hall–Kier alpha value is -1.71. The molecule has 33 heavy (non-hydrogen) atoms. The van der Waals surface area contributed by atoms with Crippen molar-refractivity contribution < 1.29 is 24.2 Å². The van der Waals surface area contributed by atoms with Gasteiger partial charge in [0.1, 0.15) is 11.6 Å². The first-order chi connectivity index (χ1) is 15.7. The van der Waals surface area contributed by atoms with Gasteiger partial charge < -0.3 is 24.5 Å². The zero-order chi connectivity index (χ0) is 24.5. The number of fused-ring (bicyclic) bond motifs is 1. The van der Waals surface area contributed by atoms with Crippen molar-refractivity contribution in [3.05, 3.63) is 25.3 Å². The third-order valence-electron chi connectivity index (χ3n) is 7.28. The predicted octanol–water partition coefficient (Wildman–Crippen LogP) is 1.57. The molecule has 2 bridgehead atoms. The summed E-state index contributed by atoms with van der Waals surface area (Å²) in [5.74, 6) is -2.16. The van der Waals surface area contributed by atoms with Crippen LogP contribution in [-0.2, 0) is 19.1 Å². The summed E-state index contributed by atoms with van der Waals surface area (Å²) in [7, 11) is 1.68. The molecule has 3 aliphatic heterocycles. The second-order valence-electron chi connectivity index (χ2n) is 9.34. The van der Waals surface area contributed by atoms with Crippen LogP contribution in [0.4, 0.5) is 0 Å². The summed E-state index contributed by atoms with van der Waals surface area (Å²) in [6.07, 6.45) is 5.00. The third-order valence-corrected chi connectivity index (χ3v) is 8.12. The van der Waals surface area contributed by atoms with E-state index in [1.807, 2.05) is 6.92 Å². The van der Waals surface area contributed by atoms with E-state index in [-0.39, 0.29) is 41.7 Å². The molecule has 3 aliphatic rings. The van der Waals surface area contributed by atoms with Crippen molar-refractivity contribution in [2.45, 2.75) is 61.7 Å². The molecule has 184 valence electrons. The van der Waals surface area contributed by atoms with Gasteiger partial charge in [0.2, 0.25) is 17.7 Å². The van der Waals surface area contributed by atoms with Crippen molar-refractivity contribution in [2.75, 3.05) is 33.3 Å². The molecule has 1 spiro atoms. The monoisotopic (exact) mass is 525 g/mol. The van der Waals surface area contributed by atoms with Crippen LogP contribution in [0.3, 0.4) is 0 Å². The summed E-state index contributed by atoms with van der Waals surface area (Å²) >= 11 is 3.66. The number of aliphatic hydroxyl groups is 1. The van der Waals surface area contributed by atoms with Crippen molar-refractivity contribution >= 4 is 33.7 Å². The maximum atomic E-state index is 14.0. The second-order valence-corrected chi connectivity index (χ2v) is 10.5. The fourth-order valence-corrected chi connectivity index (χ4v) is 6.88. The van der Waals surface area contributed by atoms with Gasteiger partial charge in [0.15, 0.2) is 0 Å². The first-order valence-corrected chi connectivity index (χ1v) is 12.6. The van der Waals surface area contributed by atoms with Crippen LogP contribution in [0.25, 0.3) is 0 Å². The maximum absolute atomic E-state index is 14.0. The summed E-state index contributed by atoms with van der Waals surface area (Å²) in [5, 5.41) is 9.72. The SMILES string of the molecule is C=CCN(C)C(=O)[C@H]1[C@@H]2OC3(CC2Br)C(C(=O)N(CC=C)C(C)CCC)N(CCO)C(=O)[C@H]13. The summed E-state index contributed by atoms with van der Waals surface area (Å²) in [5.41, 5.74) is -1.11. The molecule has 0 saturated carbocycles. The molecule has 0 aliphatic carbocycles. The lowest BCUT2D eigenvalue weighted by atomic mass is 9.70. The predicted molar refractivity (Wildman–Crippen MR) is 129 cm³/mol. The van der Waals surface area contributed by atoms with Crippen LogP contribution in [0.1, 0.15) is 33.1 Å². The number of nitrogens with zero attached hydrogens (tertiary/aromatic N) is 3. The zero-order valence-electron chi connectivity index (χ0n) is 19.8. The number of halogens is 1. The van der Waals surface area contributed by atoms with Crippen LogP contribution in [0.5, 0.6) is 0 Å². The van der Waals surface area contributed by atoms with Gasteiger partial charge in [-0.05, 0) is 19.8 Å². The Labute approximate surface area is 204 Å². The first kappa shape index (κ1) is 25.9. The number of likely N-dealkylation sites (N-methyl/N-ethyl adjacent to an activating group) is 1. The Morgan fingerprint density at radius 1 is 1.33 bits per heavy atom. The molecular weight excluding hydrogens is 490 g/mol. The van der Waals surface area contributed by atoms with E-state index >= 15 is 0 Å². The van der Waals surface area contributed by atoms with Crippen LogP contribution < -0.4 is 0 Å². The zero-order valence-corrected chi connectivity index (χ0v) is 21.4. The van der Waals surface area contributed by atoms with Crippen LogP contribution in [0.15, 0.2) is 25.3 Å². The molecule has 0 aromatic rings. The van der Waals surface area contributed by atoms with Crippen molar-refractivity contribution in [1.29, 1.82) is 0 Å². The first-order valence-electron chi connectivity index (χ1n) is 11.7. The highest BCUT2D eigenvalue weighted by Crippen LogP contribution is 2.60. The molecule has 3 rings (SSSR count). The molecule has 7 atom stereocenters. The number of amides is 3. The highest BCUT2D eigenvalue weighted by atomic mass is 79.9. The van der Waals surface area contributed by atoms with Crippen LogP contribution >= 0.6 is 15.9 Å². The third kappa shape index (κ3) is 4.17. The van der Waals surface area contributed by atoms with E-state index in [0.717, 1.165) is 12.8 Å². The molecule has 9 heteroatoms. The molecule has 0 aromatic carbocycles. The molecule has 3 saturated heterocycles. The lowest BCUT2D eigenvalue weighted by Crippen LogP contribution is -2.58. The topological polar surface area (TPSA) is 90.4 Å². The number of alkyl halides is 1. The van der Waals surface area contributed by atoms with E-state index in [1.165, 1.54) is 4.90 Å². The van der Waals surface area contributed by atoms with Gasteiger partial charge in [0.05, 0.1) is 24.5 Å². The number of carbonyl (C=O) groups excluding carboxylic acids is 3. The average Bonchev–Trinajstić information content (AvgIpc) is 3.35. The number of ether oxygens (including phenoxy) is 1. The lowest BCUT2D eigenvalue weighted by molar-refractivity contribution is -0.150. The Morgan fingerprint density at radius 3 is 2.58 bits per heavy atom. The Kier molecular flexibility index (Phi) is 8.07. The van der Waals surface area contributed by atoms with Crippen LogP contribution in [-0.4, -0.2) is 99.4 Å². The molecule has 0 radical (unpaired) electrons. The van der Waals surface area contributed by atoms with Gasteiger partial charge in [-0.1, -0.05) is 41.4 Å². The van der Waals surface area contributed by atoms with Crippen molar-refractivity contribution in [1.82, 2.24) is 14.7 Å². The largest absolute Gasteiger partial charge is 0.395 e. The van der Waals surface area contributed by atoms with Crippen molar-refractivity contribution in [3.63, 3.8) is 0 Å². The highest BCUT2D eigenvalue weighted by molar-refractivity contribution is 9.09. The molecular formula is C24H36BrN3O5. The van der Waals surface area contributed by atoms with E-state index in [1.54, 1.807) is 29.0 Å². The molecule has 0 aromatic heterocycles. The molecule has 3 fully saturated rings. The van der Waals surface area contributed by atoms with Gasteiger partial charge >= 0.3 is 0 Å². The number of hydrogen-bond donors (Lipinski definition) is 1.